The molecule has 142 valence electrons. The maximum absolute atomic E-state index is 4.81. The molecule has 0 bridgehead atoms. The quantitative estimate of drug-likeness (QED) is 0.474. The van der Waals surface area contributed by atoms with Gasteiger partial charge in [-0.05, 0) is 24.3 Å². The van der Waals surface area contributed by atoms with Crippen molar-refractivity contribution in [3.05, 3.63) is 67.8 Å². The zero-order chi connectivity index (χ0) is 19.9. The van der Waals surface area contributed by atoms with Crippen LogP contribution in [0.3, 0.4) is 0 Å². The average Bonchev–Trinajstić information content (AvgIpc) is 3.43. The van der Waals surface area contributed by atoms with Crippen LogP contribution < -0.4 is 0 Å². The van der Waals surface area contributed by atoms with E-state index in [4.69, 9.17) is 4.98 Å². The molecule has 6 aromatic rings. The lowest BCUT2D eigenvalue weighted by atomic mass is 10.1. The van der Waals surface area contributed by atoms with Crippen molar-refractivity contribution in [3.63, 3.8) is 0 Å². The lowest BCUT2D eigenvalue weighted by molar-refractivity contribution is 1.10. The first-order valence-corrected chi connectivity index (χ1v) is 9.22. The normalized spacial score (nSPS) is 11.3. The molecule has 6 rings (SSSR count). The summed E-state index contributed by atoms with van der Waals surface area (Å²) in [5.41, 5.74) is 6.44. The number of nitrogens with one attached hydrogen (secondary N) is 2. The molecule has 0 aliphatic rings. The molecule has 0 spiro atoms. The second-order valence-corrected chi connectivity index (χ2v) is 6.70. The Morgan fingerprint density at radius 3 is 2.53 bits per heavy atom. The summed E-state index contributed by atoms with van der Waals surface area (Å²) in [6, 6.07) is 7.70. The van der Waals surface area contributed by atoms with E-state index >= 15 is 0 Å². The number of H-pyrrole nitrogens is 2. The molecule has 0 aliphatic carbocycles. The molecule has 0 radical (unpaired) electrons. The van der Waals surface area contributed by atoms with Crippen LogP contribution in [0.5, 0.6) is 0 Å². The lowest BCUT2D eigenvalue weighted by Gasteiger charge is -2.00. The van der Waals surface area contributed by atoms with E-state index in [0.29, 0.717) is 11.5 Å². The predicted octanol–water partition coefficient (Wildman–Crippen LogP) is 3.42. The molecule has 0 atom stereocenters. The number of aromatic amines is 2. The molecule has 0 saturated carbocycles. The van der Waals surface area contributed by atoms with E-state index in [0.717, 1.165) is 44.5 Å². The van der Waals surface area contributed by atoms with Crippen LogP contribution in [-0.4, -0.2) is 45.1 Å². The minimum absolute atomic E-state index is 0.649. The van der Waals surface area contributed by atoms with Crippen molar-refractivity contribution in [2.75, 3.05) is 0 Å². The van der Waals surface area contributed by atoms with Crippen molar-refractivity contribution in [3.8, 4) is 34.0 Å². The number of nitrogens with zero attached hydrogens (tertiary/aromatic N) is 7. The summed E-state index contributed by atoms with van der Waals surface area (Å²) in [7, 11) is 0. The Labute approximate surface area is 169 Å². The van der Waals surface area contributed by atoms with Crippen molar-refractivity contribution in [2.24, 2.45) is 0 Å². The van der Waals surface area contributed by atoms with Crippen LogP contribution in [0.1, 0.15) is 0 Å². The minimum atomic E-state index is 0.649. The Bertz CT molecular complexity index is 1490. The Kier molecular flexibility index (Phi) is 3.57. The van der Waals surface area contributed by atoms with Gasteiger partial charge in [0.05, 0.1) is 28.6 Å². The molecule has 9 heteroatoms. The second kappa shape index (κ2) is 6.52. The number of fused-ring (bicyclic) bond motifs is 2. The zero-order valence-electron chi connectivity index (χ0n) is 15.5. The summed E-state index contributed by atoms with van der Waals surface area (Å²) in [4.78, 5) is 29.5. The second-order valence-electron chi connectivity index (χ2n) is 6.70. The van der Waals surface area contributed by atoms with Gasteiger partial charge in [-0.1, -0.05) is 0 Å². The average molecular weight is 391 g/mol. The molecule has 6 heterocycles. The van der Waals surface area contributed by atoms with Crippen LogP contribution in [0, 0.1) is 0 Å². The lowest BCUT2D eigenvalue weighted by Crippen LogP contribution is -1.87. The van der Waals surface area contributed by atoms with E-state index < -0.39 is 0 Å². The van der Waals surface area contributed by atoms with Gasteiger partial charge in [-0.2, -0.15) is 5.10 Å². The fourth-order valence-corrected chi connectivity index (χ4v) is 3.45. The molecule has 6 aromatic heterocycles. The van der Waals surface area contributed by atoms with Gasteiger partial charge in [0.15, 0.2) is 5.82 Å². The van der Waals surface area contributed by atoms with E-state index in [9.17, 15) is 0 Å². The Morgan fingerprint density at radius 2 is 1.67 bits per heavy atom. The van der Waals surface area contributed by atoms with Crippen molar-refractivity contribution in [1.82, 2.24) is 45.1 Å². The van der Waals surface area contributed by atoms with E-state index in [-0.39, 0.29) is 0 Å². The van der Waals surface area contributed by atoms with Gasteiger partial charge in [-0.3, -0.25) is 20.1 Å². The Morgan fingerprint density at radius 1 is 0.767 bits per heavy atom. The summed E-state index contributed by atoms with van der Waals surface area (Å²) < 4.78 is 0. The molecule has 0 unspecified atom stereocenters. The molecule has 0 aliphatic heterocycles. The summed E-state index contributed by atoms with van der Waals surface area (Å²) >= 11 is 0. The highest BCUT2D eigenvalue weighted by Crippen LogP contribution is 2.31. The van der Waals surface area contributed by atoms with Gasteiger partial charge >= 0.3 is 0 Å². The highest BCUT2D eigenvalue weighted by Gasteiger charge is 2.16. The van der Waals surface area contributed by atoms with Gasteiger partial charge in [0.25, 0.3) is 0 Å². The number of pyridine rings is 3. The van der Waals surface area contributed by atoms with Crippen LogP contribution in [0.25, 0.3) is 56.0 Å². The fourth-order valence-electron chi connectivity index (χ4n) is 3.45. The van der Waals surface area contributed by atoms with Crippen molar-refractivity contribution in [1.29, 1.82) is 0 Å². The Hall–Kier alpha value is -4.53. The molecule has 0 aromatic carbocycles. The zero-order valence-corrected chi connectivity index (χ0v) is 15.5. The van der Waals surface area contributed by atoms with Crippen molar-refractivity contribution >= 4 is 21.9 Å². The molecule has 0 amide bonds. The maximum atomic E-state index is 4.81. The van der Waals surface area contributed by atoms with Crippen LogP contribution >= 0.6 is 0 Å². The molecule has 9 nitrogen and oxygen atoms in total. The van der Waals surface area contributed by atoms with Gasteiger partial charge in [-0.25, -0.2) is 15.0 Å². The van der Waals surface area contributed by atoms with Crippen molar-refractivity contribution in [2.45, 2.75) is 0 Å². The minimum Gasteiger partial charge on any atom is -0.336 e. The summed E-state index contributed by atoms with van der Waals surface area (Å²) in [6.07, 6.45) is 12.0. The summed E-state index contributed by atoms with van der Waals surface area (Å²) in [5.74, 6) is 0.649. The Balaban J connectivity index is 1.52. The van der Waals surface area contributed by atoms with Gasteiger partial charge in [0.1, 0.15) is 17.5 Å². The predicted molar refractivity (Wildman–Crippen MR) is 111 cm³/mol. The van der Waals surface area contributed by atoms with Gasteiger partial charge in [-0.15, -0.1) is 0 Å². The van der Waals surface area contributed by atoms with E-state index in [1.807, 2.05) is 24.3 Å². The molecule has 30 heavy (non-hydrogen) atoms. The van der Waals surface area contributed by atoms with Crippen LogP contribution in [0.15, 0.2) is 67.8 Å². The summed E-state index contributed by atoms with van der Waals surface area (Å²) in [6.45, 7) is 0. The summed E-state index contributed by atoms with van der Waals surface area (Å²) in [5, 5.41) is 8.40. The van der Waals surface area contributed by atoms with Crippen molar-refractivity contribution < 1.29 is 0 Å². The smallest absolute Gasteiger partial charge is 0.159 e. The van der Waals surface area contributed by atoms with E-state index in [1.54, 1.807) is 37.2 Å². The molecule has 2 N–H and O–H groups in total. The van der Waals surface area contributed by atoms with Crippen LogP contribution in [0.2, 0.25) is 0 Å². The molecular weight excluding hydrogens is 378 g/mol. The highest BCUT2D eigenvalue weighted by atomic mass is 15.1. The number of hydrogen-bond donors (Lipinski definition) is 2. The maximum Gasteiger partial charge on any atom is 0.159 e. The topological polar surface area (TPSA) is 122 Å². The van der Waals surface area contributed by atoms with Crippen LogP contribution in [0.4, 0.5) is 0 Å². The SMILES string of the molecule is c1cncc(-c2nccc3[nH]c(-c4n[nH]c5cnc(-c6cncnc6)cc45)nc23)c1. The van der Waals surface area contributed by atoms with E-state index in [1.165, 1.54) is 6.33 Å². The molecular formula is C21H13N9. The monoisotopic (exact) mass is 391 g/mol. The highest BCUT2D eigenvalue weighted by molar-refractivity contribution is 5.96. The third-order valence-electron chi connectivity index (χ3n) is 4.86. The first-order chi connectivity index (χ1) is 14.9. The first-order valence-electron chi connectivity index (χ1n) is 9.22. The third-order valence-corrected chi connectivity index (χ3v) is 4.86. The van der Waals surface area contributed by atoms with Gasteiger partial charge in [0, 0.05) is 47.5 Å². The van der Waals surface area contributed by atoms with E-state index in [2.05, 4.69) is 40.1 Å². The van der Waals surface area contributed by atoms with Crippen LogP contribution in [-0.2, 0) is 0 Å². The third kappa shape index (κ3) is 2.60. The number of rotatable bonds is 3. The fraction of sp³-hybridized carbons (Fsp3) is 0. The number of aromatic nitrogens is 9. The molecule has 0 saturated heterocycles. The standard InChI is InChI=1S/C21H13N9/c1-2-12(7-22-4-1)18-20-15(3-5-25-18)27-21(28-20)19-14-6-16(13-8-23-11-24-9-13)26-10-17(14)29-30-19/h1-11H,(H,27,28)(H,29,30). The molecule has 0 fully saturated rings. The first kappa shape index (κ1) is 16.4. The number of imidazole rings is 1. The largest absolute Gasteiger partial charge is 0.336 e. The number of hydrogen-bond acceptors (Lipinski definition) is 7. The van der Waals surface area contributed by atoms with Gasteiger partial charge in [0.2, 0.25) is 0 Å². The van der Waals surface area contributed by atoms with Gasteiger partial charge < -0.3 is 4.98 Å².